The lowest BCUT2D eigenvalue weighted by molar-refractivity contribution is 1.23. The minimum atomic E-state index is 1.29. The molecule has 0 aromatic carbocycles. The third-order valence-electron chi connectivity index (χ3n) is 0.891. The van der Waals surface area contributed by atoms with Gasteiger partial charge >= 0.3 is 0 Å². The highest BCUT2D eigenvalue weighted by Crippen LogP contribution is 2.02. The van der Waals surface area contributed by atoms with Gasteiger partial charge in [0.05, 0.1) is 22.9 Å². The van der Waals surface area contributed by atoms with Gasteiger partial charge in [0.2, 0.25) is 0 Å². The van der Waals surface area contributed by atoms with E-state index < -0.39 is 0 Å². The molecule has 0 radical (unpaired) electrons. The van der Waals surface area contributed by atoms with Crippen LogP contribution in [0.2, 0.25) is 0 Å². The standard InChI is InChI=1S/C5H6IN/c1-5-3-2-4-7(5)6/h2-4H,1H3. The Labute approximate surface area is 56.8 Å². The lowest BCUT2D eigenvalue weighted by Crippen LogP contribution is -1.74. The molecule has 0 unspecified atom stereocenters. The Hall–Kier alpha value is 0.0100. The van der Waals surface area contributed by atoms with E-state index in [9.17, 15) is 0 Å². The van der Waals surface area contributed by atoms with Crippen molar-refractivity contribution in [1.82, 2.24) is 2.78 Å². The monoisotopic (exact) mass is 207 g/mol. The molecule has 2 heteroatoms. The second-order valence-corrected chi connectivity index (χ2v) is 2.50. The van der Waals surface area contributed by atoms with Crippen molar-refractivity contribution in [3.63, 3.8) is 0 Å². The Morgan fingerprint density at radius 2 is 2.43 bits per heavy atom. The average Bonchev–Trinajstić information content (AvgIpc) is 1.91. The smallest absolute Gasteiger partial charge is 0.0637 e. The molecule has 0 N–H and O–H groups in total. The number of nitrogens with zero attached hydrogens (tertiary/aromatic N) is 1. The van der Waals surface area contributed by atoms with Gasteiger partial charge in [0.25, 0.3) is 0 Å². The van der Waals surface area contributed by atoms with E-state index in [-0.39, 0.29) is 0 Å². The Bertz CT molecular complexity index is 140. The van der Waals surface area contributed by atoms with Crippen molar-refractivity contribution in [2.75, 3.05) is 0 Å². The van der Waals surface area contributed by atoms with Gasteiger partial charge in [0.15, 0.2) is 0 Å². The highest BCUT2D eigenvalue weighted by molar-refractivity contribution is 14.1. The van der Waals surface area contributed by atoms with Gasteiger partial charge < -0.3 is 0 Å². The van der Waals surface area contributed by atoms with Gasteiger partial charge in [-0.15, -0.1) is 0 Å². The number of aromatic nitrogens is 1. The summed E-state index contributed by atoms with van der Waals surface area (Å²) in [5, 5.41) is 0. The van der Waals surface area contributed by atoms with E-state index >= 15 is 0 Å². The van der Waals surface area contributed by atoms with E-state index in [1.54, 1.807) is 0 Å². The number of hydrogen-bond acceptors (Lipinski definition) is 0. The van der Waals surface area contributed by atoms with Gasteiger partial charge in [-0.25, -0.2) is 0 Å². The van der Waals surface area contributed by atoms with Crippen molar-refractivity contribution in [3.8, 4) is 0 Å². The van der Waals surface area contributed by atoms with Crippen LogP contribution < -0.4 is 0 Å². The molecule has 0 aliphatic carbocycles. The van der Waals surface area contributed by atoms with Crippen molar-refractivity contribution >= 4 is 22.9 Å². The molecule has 1 nitrogen and oxygen atoms in total. The first-order valence-electron chi connectivity index (χ1n) is 2.11. The molecule has 1 aromatic rings. The molecule has 1 heterocycles. The molecule has 0 aliphatic rings. The van der Waals surface area contributed by atoms with Crippen LogP contribution in [-0.4, -0.2) is 2.78 Å². The van der Waals surface area contributed by atoms with Crippen molar-refractivity contribution < 1.29 is 0 Å². The zero-order chi connectivity index (χ0) is 5.28. The highest BCUT2D eigenvalue weighted by Gasteiger charge is 1.84. The van der Waals surface area contributed by atoms with Gasteiger partial charge in [0.1, 0.15) is 0 Å². The molecule has 0 amide bonds. The van der Waals surface area contributed by atoms with Crippen LogP contribution in [0.3, 0.4) is 0 Å². The normalized spacial score (nSPS) is 9.43. The SMILES string of the molecule is Cc1cccn1I. The Morgan fingerprint density at radius 3 is 2.57 bits per heavy atom. The van der Waals surface area contributed by atoms with Crippen LogP contribution in [0, 0.1) is 6.92 Å². The summed E-state index contributed by atoms with van der Waals surface area (Å²) in [6.45, 7) is 2.08. The van der Waals surface area contributed by atoms with Crippen molar-refractivity contribution in [2.45, 2.75) is 6.92 Å². The van der Waals surface area contributed by atoms with Crippen molar-refractivity contribution in [3.05, 3.63) is 24.0 Å². The summed E-state index contributed by atoms with van der Waals surface area (Å²) in [4.78, 5) is 0. The lowest BCUT2D eigenvalue weighted by Gasteiger charge is -1.86. The zero-order valence-corrected chi connectivity index (χ0v) is 6.21. The third-order valence-corrected chi connectivity index (χ3v) is 1.97. The predicted molar refractivity (Wildman–Crippen MR) is 38.6 cm³/mol. The van der Waals surface area contributed by atoms with Crippen LogP contribution >= 0.6 is 22.9 Å². The maximum absolute atomic E-state index is 2.24. The summed E-state index contributed by atoms with van der Waals surface area (Å²) in [6, 6.07) is 4.11. The molecular weight excluding hydrogens is 201 g/mol. The second-order valence-electron chi connectivity index (χ2n) is 1.46. The van der Waals surface area contributed by atoms with E-state index in [4.69, 9.17) is 0 Å². The molecule has 0 bridgehead atoms. The van der Waals surface area contributed by atoms with Gasteiger partial charge in [-0.3, -0.25) is 2.78 Å². The van der Waals surface area contributed by atoms with Crippen molar-refractivity contribution in [1.29, 1.82) is 0 Å². The second kappa shape index (κ2) is 1.86. The molecular formula is C5H6IN. The van der Waals surface area contributed by atoms with Crippen LogP contribution in [0.5, 0.6) is 0 Å². The molecule has 38 valence electrons. The molecule has 0 atom stereocenters. The number of hydrogen-bond donors (Lipinski definition) is 0. The summed E-state index contributed by atoms with van der Waals surface area (Å²) < 4.78 is 2.05. The molecule has 0 spiro atoms. The molecule has 0 aliphatic heterocycles. The number of aryl methyl sites for hydroxylation is 1. The van der Waals surface area contributed by atoms with Gasteiger partial charge in [-0.1, -0.05) is 0 Å². The van der Waals surface area contributed by atoms with E-state index in [1.807, 2.05) is 12.3 Å². The largest absolute Gasteiger partial charge is 0.295 e. The summed E-state index contributed by atoms with van der Waals surface area (Å²) in [5.74, 6) is 0. The maximum Gasteiger partial charge on any atom is 0.0637 e. The molecule has 0 saturated heterocycles. The van der Waals surface area contributed by atoms with Crippen LogP contribution in [0.4, 0.5) is 0 Å². The topological polar surface area (TPSA) is 4.93 Å². The molecule has 0 fully saturated rings. The fraction of sp³-hybridized carbons (Fsp3) is 0.200. The van der Waals surface area contributed by atoms with Crippen LogP contribution in [0.15, 0.2) is 18.3 Å². The van der Waals surface area contributed by atoms with Gasteiger partial charge in [0, 0.05) is 11.9 Å². The summed E-state index contributed by atoms with van der Waals surface area (Å²) >= 11 is 2.24. The predicted octanol–water partition coefficient (Wildman–Crippen LogP) is 1.99. The Balaban J connectivity index is 3.12. The van der Waals surface area contributed by atoms with Gasteiger partial charge in [-0.05, 0) is 19.1 Å². The summed E-state index contributed by atoms with van der Waals surface area (Å²) in [5.41, 5.74) is 1.29. The zero-order valence-electron chi connectivity index (χ0n) is 4.06. The van der Waals surface area contributed by atoms with Gasteiger partial charge in [-0.2, -0.15) is 0 Å². The van der Waals surface area contributed by atoms with E-state index in [0.29, 0.717) is 0 Å². The molecule has 7 heavy (non-hydrogen) atoms. The molecule has 1 rings (SSSR count). The summed E-state index contributed by atoms with van der Waals surface area (Å²) in [7, 11) is 0. The Morgan fingerprint density at radius 1 is 1.71 bits per heavy atom. The van der Waals surface area contributed by atoms with E-state index in [0.717, 1.165) is 0 Å². The summed E-state index contributed by atoms with van der Waals surface area (Å²) in [6.07, 6.45) is 2.02. The first-order valence-corrected chi connectivity index (χ1v) is 3.07. The molecule has 1 aromatic heterocycles. The van der Waals surface area contributed by atoms with E-state index in [1.165, 1.54) is 5.69 Å². The highest BCUT2D eigenvalue weighted by atomic mass is 127. The minimum absolute atomic E-state index is 1.29. The average molecular weight is 207 g/mol. The van der Waals surface area contributed by atoms with Crippen molar-refractivity contribution in [2.24, 2.45) is 0 Å². The van der Waals surface area contributed by atoms with E-state index in [2.05, 4.69) is 38.6 Å². The minimum Gasteiger partial charge on any atom is -0.295 e. The van der Waals surface area contributed by atoms with Crippen LogP contribution in [0.1, 0.15) is 5.69 Å². The fourth-order valence-corrected chi connectivity index (χ4v) is 0.793. The first-order chi connectivity index (χ1) is 3.30. The first kappa shape index (κ1) is 5.15. The fourth-order valence-electron chi connectivity index (χ4n) is 0.447. The number of rotatable bonds is 0. The Kier molecular flexibility index (Phi) is 1.37. The quantitative estimate of drug-likeness (QED) is 0.573. The van der Waals surface area contributed by atoms with Crippen LogP contribution in [0.25, 0.3) is 0 Å². The third kappa shape index (κ3) is 0.964. The number of halogens is 1. The van der Waals surface area contributed by atoms with Crippen LogP contribution in [-0.2, 0) is 0 Å². The maximum atomic E-state index is 2.24. The lowest BCUT2D eigenvalue weighted by atomic mass is 10.5. The molecule has 0 saturated carbocycles.